The van der Waals surface area contributed by atoms with Gasteiger partial charge in [0.1, 0.15) is 17.7 Å². The summed E-state index contributed by atoms with van der Waals surface area (Å²) in [6, 6.07) is 4.29. The van der Waals surface area contributed by atoms with Crippen molar-refractivity contribution in [1.82, 2.24) is 19.5 Å². The van der Waals surface area contributed by atoms with Crippen LogP contribution in [0.3, 0.4) is 0 Å². The fraction of sp³-hybridized carbons (Fsp3) is 0.312. The number of phenolic OH excluding ortho intramolecular Hbond substituents is 2. The van der Waals surface area contributed by atoms with Gasteiger partial charge >= 0.3 is 0 Å². The number of hydrogen-bond donors (Lipinski definition) is 3. The fourth-order valence-corrected chi connectivity index (χ4v) is 3.23. The Balaban J connectivity index is 1.75. The summed E-state index contributed by atoms with van der Waals surface area (Å²) in [5, 5.41) is 22.4. The molecular formula is C16H16BrN5O3. The number of rotatable bonds is 3. The molecule has 130 valence electrons. The van der Waals surface area contributed by atoms with Gasteiger partial charge in [-0.1, -0.05) is 0 Å². The molecule has 3 aromatic rings. The summed E-state index contributed by atoms with van der Waals surface area (Å²) in [6.45, 7) is 0.725. The first-order valence-electron chi connectivity index (χ1n) is 7.92. The second kappa shape index (κ2) is 6.49. The van der Waals surface area contributed by atoms with Crippen LogP contribution in [0.15, 0.2) is 29.3 Å². The molecule has 9 heteroatoms. The van der Waals surface area contributed by atoms with E-state index in [0.717, 1.165) is 25.9 Å². The number of aromatic hydroxyl groups is 2. The van der Waals surface area contributed by atoms with Crippen molar-refractivity contribution < 1.29 is 14.9 Å². The van der Waals surface area contributed by atoms with Crippen LogP contribution < -0.4 is 5.32 Å². The van der Waals surface area contributed by atoms with Crippen molar-refractivity contribution in [1.29, 1.82) is 0 Å². The smallest absolute Gasteiger partial charge is 0.200 e. The number of aromatic nitrogens is 4. The Labute approximate surface area is 151 Å². The highest BCUT2D eigenvalue weighted by Gasteiger charge is 2.21. The molecule has 1 saturated heterocycles. The zero-order valence-electron chi connectivity index (χ0n) is 13.2. The van der Waals surface area contributed by atoms with Crippen molar-refractivity contribution in [3.8, 4) is 11.5 Å². The molecule has 1 aliphatic heterocycles. The molecule has 0 bridgehead atoms. The van der Waals surface area contributed by atoms with Gasteiger partial charge in [0.15, 0.2) is 17.0 Å². The number of fused-ring (bicyclic) bond motifs is 1. The lowest BCUT2D eigenvalue weighted by molar-refractivity contribution is -0.0298. The average Bonchev–Trinajstić information content (AvgIpc) is 3.02. The van der Waals surface area contributed by atoms with Gasteiger partial charge in [-0.25, -0.2) is 15.0 Å². The van der Waals surface area contributed by atoms with Crippen molar-refractivity contribution in [2.24, 2.45) is 0 Å². The molecule has 2 aromatic heterocycles. The van der Waals surface area contributed by atoms with E-state index in [2.05, 4.69) is 36.2 Å². The zero-order chi connectivity index (χ0) is 17.4. The fourth-order valence-electron chi connectivity index (χ4n) is 2.88. The van der Waals surface area contributed by atoms with Crippen LogP contribution in [0.1, 0.15) is 25.5 Å². The number of nitrogens with zero attached hydrogens (tertiary/aromatic N) is 4. The summed E-state index contributed by atoms with van der Waals surface area (Å²) in [6.07, 6.45) is 4.69. The minimum atomic E-state index is -0.0875. The Morgan fingerprint density at radius 1 is 1.24 bits per heavy atom. The van der Waals surface area contributed by atoms with Crippen molar-refractivity contribution >= 4 is 38.6 Å². The largest absolute Gasteiger partial charge is 0.508 e. The Morgan fingerprint density at radius 3 is 2.88 bits per heavy atom. The van der Waals surface area contributed by atoms with Crippen molar-refractivity contribution in [3.05, 3.63) is 29.3 Å². The Hall–Kier alpha value is -2.39. The van der Waals surface area contributed by atoms with Crippen LogP contribution in [0.25, 0.3) is 11.2 Å². The van der Waals surface area contributed by atoms with E-state index >= 15 is 0 Å². The number of imidazole rings is 1. The van der Waals surface area contributed by atoms with E-state index < -0.39 is 0 Å². The SMILES string of the molecule is Oc1ccc(Nc2nc(Br)nc3c2ncn3C2CCCCO2)c(O)c1. The molecule has 1 aromatic carbocycles. The third-order valence-electron chi connectivity index (χ3n) is 4.09. The first-order valence-corrected chi connectivity index (χ1v) is 8.72. The number of phenols is 2. The number of halogens is 1. The monoisotopic (exact) mass is 405 g/mol. The summed E-state index contributed by atoms with van der Waals surface area (Å²) >= 11 is 3.32. The maximum atomic E-state index is 9.98. The van der Waals surface area contributed by atoms with Crippen molar-refractivity contribution in [3.63, 3.8) is 0 Å². The van der Waals surface area contributed by atoms with E-state index in [4.69, 9.17) is 4.74 Å². The van der Waals surface area contributed by atoms with E-state index in [1.54, 1.807) is 12.4 Å². The highest BCUT2D eigenvalue weighted by Crippen LogP contribution is 2.33. The molecule has 0 spiro atoms. The molecule has 0 aliphatic carbocycles. The van der Waals surface area contributed by atoms with Gasteiger partial charge in [-0.05, 0) is 47.3 Å². The van der Waals surface area contributed by atoms with Gasteiger partial charge in [0.05, 0.1) is 12.0 Å². The Bertz CT molecular complexity index is 924. The normalized spacial score (nSPS) is 17.7. The molecule has 1 fully saturated rings. The third kappa shape index (κ3) is 3.12. The topological polar surface area (TPSA) is 105 Å². The van der Waals surface area contributed by atoms with Crippen LogP contribution in [0.2, 0.25) is 0 Å². The highest BCUT2D eigenvalue weighted by atomic mass is 79.9. The van der Waals surface area contributed by atoms with Crippen LogP contribution in [-0.2, 0) is 4.74 Å². The van der Waals surface area contributed by atoms with Gasteiger partial charge in [-0.3, -0.25) is 4.57 Å². The highest BCUT2D eigenvalue weighted by molar-refractivity contribution is 9.10. The first-order chi connectivity index (χ1) is 12.1. The predicted molar refractivity (Wildman–Crippen MR) is 94.9 cm³/mol. The molecule has 3 N–H and O–H groups in total. The number of benzene rings is 1. The number of nitrogens with one attached hydrogen (secondary N) is 1. The standard InChI is InChI=1S/C16H16BrN5O3/c17-16-20-14(19-10-5-4-9(23)7-11(10)24)13-15(21-16)22(8-18-13)12-3-1-2-6-25-12/h4-5,7-8,12,23-24H,1-3,6H2,(H,19,20,21). The maximum absolute atomic E-state index is 9.98. The molecule has 1 unspecified atom stereocenters. The van der Waals surface area contributed by atoms with Crippen LogP contribution in [0.5, 0.6) is 11.5 Å². The lowest BCUT2D eigenvalue weighted by atomic mass is 10.2. The van der Waals surface area contributed by atoms with Gasteiger partial charge in [0.2, 0.25) is 4.73 Å². The number of hydrogen-bond acceptors (Lipinski definition) is 7. The van der Waals surface area contributed by atoms with Gasteiger partial charge in [0, 0.05) is 12.7 Å². The van der Waals surface area contributed by atoms with Crippen molar-refractivity contribution in [2.45, 2.75) is 25.5 Å². The van der Waals surface area contributed by atoms with Gasteiger partial charge in [0.25, 0.3) is 0 Å². The van der Waals surface area contributed by atoms with Gasteiger partial charge in [-0.15, -0.1) is 0 Å². The Kier molecular flexibility index (Phi) is 4.18. The molecule has 8 nitrogen and oxygen atoms in total. The van der Waals surface area contributed by atoms with E-state index in [1.807, 2.05) is 4.57 Å². The van der Waals surface area contributed by atoms with E-state index in [1.165, 1.54) is 12.1 Å². The summed E-state index contributed by atoms with van der Waals surface area (Å²) in [4.78, 5) is 13.2. The average molecular weight is 406 g/mol. The summed E-state index contributed by atoms with van der Waals surface area (Å²) in [7, 11) is 0. The first kappa shape index (κ1) is 16.1. The summed E-state index contributed by atoms with van der Waals surface area (Å²) in [5.74, 6) is 0.348. The number of ether oxygens (including phenoxy) is 1. The lowest BCUT2D eigenvalue weighted by Crippen LogP contribution is -2.17. The molecule has 0 saturated carbocycles. The summed E-state index contributed by atoms with van der Waals surface area (Å²) < 4.78 is 8.13. The van der Waals surface area contributed by atoms with Crippen LogP contribution in [0.4, 0.5) is 11.5 Å². The summed E-state index contributed by atoms with van der Waals surface area (Å²) in [5.41, 5.74) is 1.63. The van der Waals surface area contributed by atoms with E-state index in [-0.39, 0.29) is 17.7 Å². The zero-order valence-corrected chi connectivity index (χ0v) is 14.8. The van der Waals surface area contributed by atoms with Gasteiger partial charge < -0.3 is 20.3 Å². The predicted octanol–water partition coefficient (Wildman–Crippen LogP) is 3.44. The molecule has 4 rings (SSSR count). The van der Waals surface area contributed by atoms with E-state index in [9.17, 15) is 10.2 Å². The quantitative estimate of drug-likeness (QED) is 0.348. The molecule has 0 radical (unpaired) electrons. The van der Waals surface area contributed by atoms with Crippen LogP contribution in [-0.4, -0.2) is 36.3 Å². The Morgan fingerprint density at radius 2 is 2.12 bits per heavy atom. The van der Waals surface area contributed by atoms with Crippen LogP contribution >= 0.6 is 15.9 Å². The minimum absolute atomic E-state index is 0.0178. The lowest BCUT2D eigenvalue weighted by Gasteiger charge is -2.23. The second-order valence-electron chi connectivity index (χ2n) is 5.81. The minimum Gasteiger partial charge on any atom is -0.508 e. The molecule has 1 aliphatic rings. The molecule has 3 heterocycles. The third-order valence-corrected chi connectivity index (χ3v) is 4.45. The van der Waals surface area contributed by atoms with Crippen molar-refractivity contribution in [2.75, 3.05) is 11.9 Å². The van der Waals surface area contributed by atoms with Crippen LogP contribution in [0, 0.1) is 0 Å². The molecular weight excluding hydrogens is 390 g/mol. The molecule has 0 amide bonds. The maximum Gasteiger partial charge on any atom is 0.200 e. The van der Waals surface area contributed by atoms with Gasteiger partial charge in [-0.2, -0.15) is 0 Å². The molecule has 25 heavy (non-hydrogen) atoms. The molecule has 1 atom stereocenters. The van der Waals surface area contributed by atoms with E-state index in [0.29, 0.717) is 27.4 Å². The second-order valence-corrected chi connectivity index (χ2v) is 6.52. The number of anilines is 2.